The second-order valence-electron chi connectivity index (χ2n) is 6.66. The van der Waals surface area contributed by atoms with E-state index < -0.39 is 0 Å². The van der Waals surface area contributed by atoms with Crippen molar-refractivity contribution < 1.29 is 4.79 Å². The van der Waals surface area contributed by atoms with E-state index in [2.05, 4.69) is 20.2 Å². The largest absolute Gasteiger partial charge is 0.338 e. The van der Waals surface area contributed by atoms with Crippen molar-refractivity contribution in [2.75, 3.05) is 26.2 Å². The van der Waals surface area contributed by atoms with Gasteiger partial charge >= 0.3 is 0 Å². The predicted molar refractivity (Wildman–Crippen MR) is 98.3 cm³/mol. The molecule has 0 spiro atoms. The summed E-state index contributed by atoms with van der Waals surface area (Å²) in [5, 5.41) is 8.34. The zero-order chi connectivity index (χ0) is 17.9. The molecule has 1 fully saturated rings. The molecule has 0 N–H and O–H groups in total. The number of fused-ring (bicyclic) bond motifs is 1. The summed E-state index contributed by atoms with van der Waals surface area (Å²) in [6.07, 6.45) is 3.64. The van der Waals surface area contributed by atoms with Crippen LogP contribution in [0.15, 0.2) is 48.8 Å². The first-order valence-corrected chi connectivity index (χ1v) is 8.92. The molecule has 1 atom stereocenters. The summed E-state index contributed by atoms with van der Waals surface area (Å²) < 4.78 is 1.72. The molecule has 1 aromatic carbocycles. The van der Waals surface area contributed by atoms with Gasteiger partial charge in [0.1, 0.15) is 11.6 Å². The van der Waals surface area contributed by atoms with Gasteiger partial charge in [0, 0.05) is 45.1 Å². The summed E-state index contributed by atoms with van der Waals surface area (Å²) in [5.74, 6) is 0.101. The van der Waals surface area contributed by atoms with Crippen LogP contribution in [0, 0.1) is 0 Å². The van der Waals surface area contributed by atoms with Gasteiger partial charge in [0.25, 0.3) is 0 Å². The van der Waals surface area contributed by atoms with Crippen LogP contribution in [0.25, 0.3) is 11.0 Å². The number of hydrogen-bond donors (Lipinski definition) is 0. The van der Waals surface area contributed by atoms with E-state index in [0.29, 0.717) is 0 Å². The Morgan fingerprint density at radius 1 is 1.08 bits per heavy atom. The van der Waals surface area contributed by atoms with Crippen LogP contribution in [-0.4, -0.2) is 61.9 Å². The van der Waals surface area contributed by atoms with Crippen LogP contribution in [0.3, 0.4) is 0 Å². The molecule has 7 heteroatoms. The summed E-state index contributed by atoms with van der Waals surface area (Å²) in [4.78, 5) is 21.3. The van der Waals surface area contributed by atoms with E-state index in [1.165, 1.54) is 5.56 Å². The highest BCUT2D eigenvalue weighted by atomic mass is 16.2. The third kappa shape index (κ3) is 3.30. The van der Waals surface area contributed by atoms with Gasteiger partial charge in [-0.3, -0.25) is 14.7 Å². The van der Waals surface area contributed by atoms with Gasteiger partial charge in [0.05, 0.1) is 5.52 Å². The van der Waals surface area contributed by atoms with Crippen molar-refractivity contribution in [2.45, 2.75) is 19.5 Å². The zero-order valence-electron chi connectivity index (χ0n) is 14.8. The summed E-state index contributed by atoms with van der Waals surface area (Å²) in [6.45, 7) is 6.01. The Morgan fingerprint density at radius 2 is 1.81 bits per heavy atom. The zero-order valence-corrected chi connectivity index (χ0v) is 14.8. The SMILES string of the molecule is CC(C(=O)N1CCN(Cc2ccncc2)CC1)n1nnc2ccccc21. The van der Waals surface area contributed by atoms with Crippen molar-refractivity contribution in [3.63, 3.8) is 0 Å². The maximum Gasteiger partial charge on any atom is 0.247 e. The third-order valence-corrected chi connectivity index (χ3v) is 4.94. The van der Waals surface area contributed by atoms with Crippen molar-refractivity contribution in [2.24, 2.45) is 0 Å². The number of piperazine rings is 1. The molecule has 0 aliphatic carbocycles. The lowest BCUT2D eigenvalue weighted by atomic mass is 10.2. The molecule has 3 aromatic rings. The molecule has 26 heavy (non-hydrogen) atoms. The van der Waals surface area contributed by atoms with E-state index >= 15 is 0 Å². The Morgan fingerprint density at radius 3 is 2.58 bits per heavy atom. The number of nitrogens with zero attached hydrogens (tertiary/aromatic N) is 6. The minimum absolute atomic E-state index is 0.101. The van der Waals surface area contributed by atoms with Gasteiger partial charge in [-0.05, 0) is 36.8 Å². The number of hydrogen-bond acceptors (Lipinski definition) is 5. The van der Waals surface area contributed by atoms with Crippen molar-refractivity contribution in [1.29, 1.82) is 0 Å². The lowest BCUT2D eigenvalue weighted by Gasteiger charge is -2.36. The lowest BCUT2D eigenvalue weighted by molar-refractivity contribution is -0.136. The molecule has 0 radical (unpaired) electrons. The van der Waals surface area contributed by atoms with Gasteiger partial charge in [0.15, 0.2) is 0 Å². The van der Waals surface area contributed by atoms with Crippen LogP contribution in [0.5, 0.6) is 0 Å². The number of carbonyl (C=O) groups is 1. The maximum absolute atomic E-state index is 12.9. The van der Waals surface area contributed by atoms with E-state index in [1.807, 2.05) is 60.6 Å². The average Bonchev–Trinajstić information content (AvgIpc) is 3.12. The van der Waals surface area contributed by atoms with E-state index in [-0.39, 0.29) is 11.9 Å². The summed E-state index contributed by atoms with van der Waals surface area (Å²) in [6, 6.07) is 11.5. The summed E-state index contributed by atoms with van der Waals surface area (Å²) in [7, 11) is 0. The van der Waals surface area contributed by atoms with E-state index in [4.69, 9.17) is 0 Å². The van der Waals surface area contributed by atoms with Crippen molar-refractivity contribution in [3.8, 4) is 0 Å². The van der Waals surface area contributed by atoms with E-state index in [1.54, 1.807) is 4.68 Å². The number of benzene rings is 1. The summed E-state index contributed by atoms with van der Waals surface area (Å²) in [5.41, 5.74) is 2.96. The molecule has 1 aliphatic rings. The minimum Gasteiger partial charge on any atom is -0.338 e. The number of amides is 1. The van der Waals surface area contributed by atoms with Gasteiger partial charge in [0.2, 0.25) is 5.91 Å². The van der Waals surface area contributed by atoms with E-state index in [9.17, 15) is 4.79 Å². The highest BCUT2D eigenvalue weighted by molar-refractivity contribution is 5.83. The second-order valence-corrected chi connectivity index (χ2v) is 6.66. The van der Waals surface area contributed by atoms with Crippen molar-refractivity contribution >= 4 is 16.9 Å². The molecule has 1 saturated heterocycles. The number of rotatable bonds is 4. The topological polar surface area (TPSA) is 67.2 Å². The lowest BCUT2D eigenvalue weighted by Crippen LogP contribution is -2.50. The normalized spacial score (nSPS) is 16.7. The van der Waals surface area contributed by atoms with Crippen LogP contribution in [-0.2, 0) is 11.3 Å². The van der Waals surface area contributed by atoms with Crippen LogP contribution < -0.4 is 0 Å². The maximum atomic E-state index is 12.9. The molecule has 1 aliphatic heterocycles. The Hall–Kier alpha value is -2.80. The van der Waals surface area contributed by atoms with Crippen molar-refractivity contribution in [3.05, 3.63) is 54.4 Å². The molecule has 7 nitrogen and oxygen atoms in total. The molecule has 1 unspecified atom stereocenters. The highest BCUT2D eigenvalue weighted by Crippen LogP contribution is 2.18. The Balaban J connectivity index is 1.39. The molecule has 0 saturated carbocycles. The molecule has 134 valence electrons. The fourth-order valence-electron chi connectivity index (χ4n) is 3.41. The number of pyridine rings is 1. The Bertz CT molecular complexity index is 885. The van der Waals surface area contributed by atoms with Crippen LogP contribution in [0.1, 0.15) is 18.5 Å². The first-order valence-electron chi connectivity index (χ1n) is 8.92. The fourth-order valence-corrected chi connectivity index (χ4v) is 3.41. The van der Waals surface area contributed by atoms with Gasteiger partial charge < -0.3 is 4.90 Å². The first kappa shape index (κ1) is 16.7. The smallest absolute Gasteiger partial charge is 0.247 e. The molecular formula is C19H22N6O. The molecule has 4 rings (SSSR count). The quantitative estimate of drug-likeness (QED) is 0.717. The van der Waals surface area contributed by atoms with Gasteiger partial charge in [-0.1, -0.05) is 17.3 Å². The van der Waals surface area contributed by atoms with Gasteiger partial charge in [-0.15, -0.1) is 5.10 Å². The molecular weight excluding hydrogens is 328 g/mol. The molecule has 1 amide bonds. The number of carbonyl (C=O) groups excluding carboxylic acids is 1. The Kier molecular flexibility index (Phi) is 4.62. The Labute approximate surface area is 152 Å². The van der Waals surface area contributed by atoms with Gasteiger partial charge in [-0.25, -0.2) is 4.68 Å². The van der Waals surface area contributed by atoms with Gasteiger partial charge in [-0.2, -0.15) is 0 Å². The third-order valence-electron chi connectivity index (χ3n) is 4.94. The van der Waals surface area contributed by atoms with Crippen LogP contribution in [0.4, 0.5) is 0 Å². The highest BCUT2D eigenvalue weighted by Gasteiger charge is 2.27. The van der Waals surface area contributed by atoms with Crippen LogP contribution >= 0.6 is 0 Å². The van der Waals surface area contributed by atoms with E-state index in [0.717, 1.165) is 43.8 Å². The fraction of sp³-hybridized carbons (Fsp3) is 0.368. The van der Waals surface area contributed by atoms with Crippen LogP contribution in [0.2, 0.25) is 0 Å². The average molecular weight is 350 g/mol. The molecule has 0 bridgehead atoms. The van der Waals surface area contributed by atoms with Crippen molar-refractivity contribution in [1.82, 2.24) is 29.8 Å². The standard InChI is InChI=1S/C19H22N6O/c1-15(25-18-5-3-2-4-17(18)21-22-25)19(26)24-12-10-23(11-13-24)14-16-6-8-20-9-7-16/h2-9,15H,10-14H2,1H3. The molecule has 2 aromatic heterocycles. The summed E-state index contributed by atoms with van der Waals surface area (Å²) >= 11 is 0. The first-order chi connectivity index (χ1) is 12.7. The predicted octanol–water partition coefficient (Wildman–Crippen LogP) is 1.73. The number of aromatic nitrogens is 4. The molecule has 3 heterocycles. The number of para-hydroxylation sites is 1. The second kappa shape index (κ2) is 7.21. The minimum atomic E-state index is -0.353. The monoisotopic (exact) mass is 350 g/mol.